The zero-order chi connectivity index (χ0) is 11.3. The van der Waals surface area contributed by atoms with Crippen LogP contribution in [-0.4, -0.2) is 12.5 Å². The van der Waals surface area contributed by atoms with E-state index in [2.05, 4.69) is 15.3 Å². The molecule has 0 radical (unpaired) electrons. The van der Waals surface area contributed by atoms with Gasteiger partial charge in [0.1, 0.15) is 6.54 Å². The van der Waals surface area contributed by atoms with E-state index in [1.807, 2.05) is 32.0 Å². The van der Waals surface area contributed by atoms with E-state index >= 15 is 0 Å². The number of carbonyl (C=O) groups is 1. The first-order valence-corrected chi connectivity index (χ1v) is 4.51. The highest BCUT2D eigenvalue weighted by Gasteiger charge is 2.01. The topological polar surface area (TPSA) is 77.9 Å². The first-order chi connectivity index (χ1) is 7.11. The van der Waals surface area contributed by atoms with Gasteiger partial charge in [-0.3, -0.25) is 4.79 Å². The minimum absolute atomic E-state index is 0.177. The Balaban J connectivity index is 2.71. The molecule has 0 aliphatic carbocycles. The maximum Gasteiger partial charge on any atom is 0.230 e. The van der Waals surface area contributed by atoms with Gasteiger partial charge in [-0.2, -0.15) is 0 Å². The molecular formula is C10H12N4O. The van der Waals surface area contributed by atoms with E-state index in [1.165, 1.54) is 0 Å². The molecule has 5 nitrogen and oxygen atoms in total. The van der Waals surface area contributed by atoms with Crippen LogP contribution in [0.5, 0.6) is 0 Å². The van der Waals surface area contributed by atoms with Gasteiger partial charge >= 0.3 is 0 Å². The predicted molar refractivity (Wildman–Crippen MR) is 58.6 cm³/mol. The van der Waals surface area contributed by atoms with Crippen LogP contribution in [0.2, 0.25) is 0 Å². The maximum atomic E-state index is 11.2. The minimum atomic E-state index is -0.308. The van der Waals surface area contributed by atoms with Crippen LogP contribution in [0.4, 0.5) is 5.69 Å². The van der Waals surface area contributed by atoms with Crippen LogP contribution in [0, 0.1) is 13.8 Å². The highest BCUT2D eigenvalue weighted by Crippen LogP contribution is 2.13. The molecule has 0 fully saturated rings. The summed E-state index contributed by atoms with van der Waals surface area (Å²) in [5, 5.41) is 5.84. The van der Waals surface area contributed by atoms with E-state index in [-0.39, 0.29) is 12.5 Å². The summed E-state index contributed by atoms with van der Waals surface area (Å²) in [5.41, 5.74) is 10.9. The number of amides is 1. The normalized spacial score (nSPS) is 9.20. The van der Waals surface area contributed by atoms with Crippen LogP contribution in [0.3, 0.4) is 0 Å². The molecule has 0 spiro atoms. The van der Waals surface area contributed by atoms with E-state index in [9.17, 15) is 4.79 Å². The van der Waals surface area contributed by atoms with Crippen molar-refractivity contribution in [1.29, 1.82) is 0 Å². The Morgan fingerprint density at radius 3 is 2.53 bits per heavy atom. The zero-order valence-electron chi connectivity index (χ0n) is 8.69. The molecule has 1 N–H and O–H groups in total. The summed E-state index contributed by atoms with van der Waals surface area (Å²) < 4.78 is 0. The van der Waals surface area contributed by atoms with E-state index in [4.69, 9.17) is 5.53 Å². The minimum Gasteiger partial charge on any atom is -0.326 e. The number of nitrogens with zero attached hydrogens (tertiary/aromatic N) is 3. The van der Waals surface area contributed by atoms with Crippen molar-refractivity contribution in [3.8, 4) is 0 Å². The molecule has 0 aliphatic heterocycles. The Hall–Kier alpha value is -2.00. The van der Waals surface area contributed by atoms with Crippen LogP contribution in [0.1, 0.15) is 11.1 Å². The van der Waals surface area contributed by atoms with E-state index < -0.39 is 0 Å². The van der Waals surface area contributed by atoms with Gasteiger partial charge in [0.15, 0.2) is 0 Å². The summed E-state index contributed by atoms with van der Waals surface area (Å²) in [7, 11) is 0. The fourth-order valence-corrected chi connectivity index (χ4v) is 1.34. The number of azide groups is 1. The number of rotatable bonds is 3. The highest BCUT2D eigenvalue weighted by atomic mass is 16.1. The number of hydrogen-bond donors (Lipinski definition) is 1. The van der Waals surface area contributed by atoms with Gasteiger partial charge in [-0.05, 0) is 42.6 Å². The summed E-state index contributed by atoms with van der Waals surface area (Å²) in [5.74, 6) is -0.308. The second-order valence-electron chi connectivity index (χ2n) is 3.31. The van der Waals surface area contributed by atoms with Crippen LogP contribution in [0.25, 0.3) is 10.4 Å². The average Bonchev–Trinajstić information content (AvgIpc) is 2.13. The average molecular weight is 204 g/mol. The predicted octanol–water partition coefficient (Wildman–Crippen LogP) is 2.55. The lowest BCUT2D eigenvalue weighted by molar-refractivity contribution is -0.114. The van der Waals surface area contributed by atoms with Crippen molar-refractivity contribution in [1.82, 2.24) is 0 Å². The summed E-state index contributed by atoms with van der Waals surface area (Å²) in [6.07, 6.45) is 0. The molecule has 1 aromatic rings. The fraction of sp³-hybridized carbons (Fsp3) is 0.300. The van der Waals surface area contributed by atoms with Crippen molar-refractivity contribution in [3.63, 3.8) is 0 Å². The van der Waals surface area contributed by atoms with Gasteiger partial charge in [0.05, 0.1) is 0 Å². The monoisotopic (exact) mass is 204 g/mol. The Labute approximate surface area is 87.7 Å². The largest absolute Gasteiger partial charge is 0.326 e. The van der Waals surface area contributed by atoms with Gasteiger partial charge in [0, 0.05) is 10.6 Å². The van der Waals surface area contributed by atoms with Gasteiger partial charge in [-0.1, -0.05) is 11.2 Å². The molecule has 0 saturated carbocycles. The number of carbonyl (C=O) groups excluding carboxylic acids is 1. The molecule has 15 heavy (non-hydrogen) atoms. The van der Waals surface area contributed by atoms with E-state index in [0.29, 0.717) is 0 Å². The van der Waals surface area contributed by atoms with E-state index in [1.54, 1.807) is 0 Å². The molecule has 1 amide bonds. The van der Waals surface area contributed by atoms with Crippen LogP contribution < -0.4 is 5.32 Å². The number of benzene rings is 1. The first-order valence-electron chi connectivity index (χ1n) is 4.51. The van der Waals surface area contributed by atoms with Gasteiger partial charge in [-0.15, -0.1) is 0 Å². The van der Waals surface area contributed by atoms with E-state index in [0.717, 1.165) is 16.8 Å². The number of hydrogen-bond acceptors (Lipinski definition) is 2. The molecule has 0 bridgehead atoms. The molecule has 5 heteroatoms. The second kappa shape index (κ2) is 5.02. The summed E-state index contributed by atoms with van der Waals surface area (Å²) in [6, 6.07) is 5.74. The molecule has 0 saturated heterocycles. The molecule has 0 aromatic heterocycles. The van der Waals surface area contributed by atoms with Gasteiger partial charge < -0.3 is 5.32 Å². The summed E-state index contributed by atoms with van der Waals surface area (Å²) in [4.78, 5) is 13.7. The van der Waals surface area contributed by atoms with Gasteiger partial charge in [-0.25, -0.2) is 0 Å². The molecule has 78 valence electrons. The lowest BCUT2D eigenvalue weighted by atomic mass is 10.1. The molecular weight excluding hydrogens is 192 g/mol. The number of nitrogens with one attached hydrogen (secondary N) is 1. The van der Waals surface area contributed by atoms with Crippen molar-refractivity contribution in [2.24, 2.45) is 5.11 Å². The molecule has 1 rings (SSSR count). The smallest absolute Gasteiger partial charge is 0.230 e. The second-order valence-corrected chi connectivity index (χ2v) is 3.31. The van der Waals surface area contributed by atoms with Gasteiger partial charge in [0.2, 0.25) is 5.91 Å². The molecule has 0 unspecified atom stereocenters. The maximum absolute atomic E-state index is 11.2. The zero-order valence-corrected chi connectivity index (χ0v) is 8.69. The van der Waals surface area contributed by atoms with Crippen molar-refractivity contribution >= 4 is 11.6 Å². The Morgan fingerprint density at radius 2 is 2.00 bits per heavy atom. The van der Waals surface area contributed by atoms with Crippen LogP contribution in [0.15, 0.2) is 23.3 Å². The standard InChI is InChI=1S/C10H12N4O/c1-7-3-8(2)5-9(4-7)13-10(15)6-12-14-11/h3-5H,6H2,1-2H3,(H,13,15). The lowest BCUT2D eigenvalue weighted by Crippen LogP contribution is -2.14. The number of aryl methyl sites for hydroxylation is 2. The third kappa shape index (κ3) is 3.70. The quantitative estimate of drug-likeness (QED) is 0.458. The Morgan fingerprint density at radius 1 is 1.40 bits per heavy atom. The SMILES string of the molecule is Cc1cc(C)cc(NC(=O)CN=[N+]=[N-])c1. The van der Waals surface area contributed by atoms with Crippen molar-refractivity contribution in [3.05, 3.63) is 39.8 Å². The van der Waals surface area contributed by atoms with Crippen molar-refractivity contribution < 1.29 is 4.79 Å². The van der Waals surface area contributed by atoms with Crippen molar-refractivity contribution in [2.75, 3.05) is 11.9 Å². The summed E-state index contributed by atoms with van der Waals surface area (Å²) >= 11 is 0. The molecule has 0 aliphatic rings. The van der Waals surface area contributed by atoms with Gasteiger partial charge in [0.25, 0.3) is 0 Å². The highest BCUT2D eigenvalue weighted by molar-refractivity contribution is 5.92. The fourth-order valence-electron chi connectivity index (χ4n) is 1.34. The Bertz CT molecular complexity index is 401. The number of anilines is 1. The third-order valence-electron chi connectivity index (χ3n) is 1.78. The Kier molecular flexibility index (Phi) is 3.71. The summed E-state index contributed by atoms with van der Waals surface area (Å²) in [6.45, 7) is 3.73. The van der Waals surface area contributed by atoms with Crippen molar-refractivity contribution in [2.45, 2.75) is 13.8 Å². The first kappa shape index (κ1) is 11.1. The molecule has 0 atom stereocenters. The van der Waals surface area contributed by atoms with Crippen LogP contribution >= 0.6 is 0 Å². The third-order valence-corrected chi connectivity index (χ3v) is 1.78. The molecule has 1 aromatic carbocycles. The molecule has 0 heterocycles. The van der Waals surface area contributed by atoms with Crippen LogP contribution in [-0.2, 0) is 4.79 Å². The lowest BCUT2D eigenvalue weighted by Gasteiger charge is -2.05.